The summed E-state index contributed by atoms with van der Waals surface area (Å²) < 4.78 is 13.7. The Kier molecular flexibility index (Phi) is 5.36. The summed E-state index contributed by atoms with van der Waals surface area (Å²) in [7, 11) is 1.67. The third kappa shape index (κ3) is 3.68. The molecule has 2 aromatic carbocycles. The third-order valence-electron chi connectivity index (χ3n) is 5.94. The second kappa shape index (κ2) is 8.17. The molecule has 8 heteroatoms. The fraction of sp³-hybridized carbons (Fsp3) is 0.348. The Balaban J connectivity index is 1.50. The molecule has 31 heavy (non-hydrogen) atoms. The molecule has 0 N–H and O–H groups in total. The van der Waals surface area contributed by atoms with Crippen LogP contribution in [0.2, 0.25) is 10.0 Å². The maximum Gasteiger partial charge on any atom is 0.181 e. The van der Waals surface area contributed by atoms with Crippen molar-refractivity contribution in [2.75, 3.05) is 13.7 Å². The van der Waals surface area contributed by atoms with E-state index in [0.29, 0.717) is 22.5 Å². The Morgan fingerprint density at radius 3 is 2.71 bits per heavy atom. The van der Waals surface area contributed by atoms with Gasteiger partial charge in [0.05, 0.1) is 23.7 Å². The lowest BCUT2D eigenvalue weighted by atomic mass is 9.91. The minimum Gasteiger partial charge on any atom is -0.496 e. The molecule has 0 saturated heterocycles. The molecule has 2 atom stereocenters. The van der Waals surface area contributed by atoms with Crippen LogP contribution in [-0.4, -0.2) is 34.3 Å². The van der Waals surface area contributed by atoms with Gasteiger partial charge in [0, 0.05) is 30.5 Å². The Bertz CT molecular complexity index is 1170. The first-order valence-electron chi connectivity index (χ1n) is 10.3. The topological polar surface area (TPSA) is 61.5 Å². The predicted octanol–water partition coefficient (Wildman–Crippen LogP) is 5.68. The van der Waals surface area contributed by atoms with Crippen LogP contribution < -0.4 is 4.74 Å². The van der Waals surface area contributed by atoms with Crippen LogP contribution in [0, 0.1) is 0 Å². The smallest absolute Gasteiger partial charge is 0.181 e. The average Bonchev–Trinajstić information content (AvgIpc) is 3.41. The van der Waals surface area contributed by atoms with Crippen molar-refractivity contribution >= 4 is 29.1 Å². The van der Waals surface area contributed by atoms with Crippen molar-refractivity contribution in [1.82, 2.24) is 14.8 Å². The van der Waals surface area contributed by atoms with Gasteiger partial charge in [-0.2, -0.15) is 0 Å². The molecule has 1 aromatic heterocycles. The summed E-state index contributed by atoms with van der Waals surface area (Å²) in [5.41, 5.74) is 3.06. The van der Waals surface area contributed by atoms with Gasteiger partial charge in [-0.3, -0.25) is 4.99 Å². The van der Waals surface area contributed by atoms with Gasteiger partial charge in [-0.05, 0) is 36.6 Å². The van der Waals surface area contributed by atoms with Crippen LogP contribution in [0.4, 0.5) is 0 Å². The zero-order valence-corrected chi connectivity index (χ0v) is 18.8. The summed E-state index contributed by atoms with van der Waals surface area (Å²) in [6, 6.07) is 11.9. The Labute approximate surface area is 190 Å². The van der Waals surface area contributed by atoms with E-state index in [0.717, 1.165) is 53.5 Å². The number of halogens is 2. The molecule has 0 aliphatic carbocycles. The first-order valence-corrected chi connectivity index (χ1v) is 11.0. The fourth-order valence-electron chi connectivity index (χ4n) is 4.40. The average molecular weight is 457 g/mol. The highest BCUT2D eigenvalue weighted by Gasteiger charge is 2.28. The van der Waals surface area contributed by atoms with Crippen molar-refractivity contribution in [2.45, 2.75) is 38.3 Å². The molecule has 160 valence electrons. The molecule has 0 bridgehead atoms. The van der Waals surface area contributed by atoms with Gasteiger partial charge in [0.15, 0.2) is 11.7 Å². The number of rotatable bonds is 4. The number of hydrogen-bond acceptors (Lipinski definition) is 5. The number of methoxy groups -OCH3 is 1. The summed E-state index contributed by atoms with van der Waals surface area (Å²) >= 11 is 12.4. The number of aromatic nitrogens is 3. The normalized spacial score (nSPS) is 20.2. The van der Waals surface area contributed by atoms with E-state index in [2.05, 4.69) is 25.8 Å². The number of aliphatic imine (C=N–C) groups is 1. The Morgan fingerprint density at radius 1 is 1.10 bits per heavy atom. The lowest BCUT2D eigenvalue weighted by Crippen LogP contribution is -2.18. The minimum absolute atomic E-state index is 0.115. The number of hydrogen-bond donors (Lipinski definition) is 0. The van der Waals surface area contributed by atoms with E-state index in [9.17, 15) is 0 Å². The van der Waals surface area contributed by atoms with Gasteiger partial charge in [0.1, 0.15) is 17.7 Å². The molecular formula is C23H22Cl2N4O2. The van der Waals surface area contributed by atoms with Crippen LogP contribution >= 0.6 is 23.2 Å². The van der Waals surface area contributed by atoms with Crippen LogP contribution in [-0.2, 0) is 11.3 Å². The lowest BCUT2D eigenvalue weighted by Gasteiger charge is -2.24. The highest BCUT2D eigenvalue weighted by Crippen LogP contribution is 2.39. The maximum atomic E-state index is 6.27. The first-order chi connectivity index (χ1) is 15.0. The van der Waals surface area contributed by atoms with Crippen molar-refractivity contribution in [2.24, 2.45) is 4.99 Å². The van der Waals surface area contributed by atoms with E-state index in [4.69, 9.17) is 32.7 Å². The van der Waals surface area contributed by atoms with Crippen LogP contribution in [0.15, 0.2) is 41.4 Å². The molecule has 2 aliphatic rings. The van der Waals surface area contributed by atoms with Crippen LogP contribution in [0.1, 0.15) is 48.7 Å². The summed E-state index contributed by atoms with van der Waals surface area (Å²) in [4.78, 5) is 4.34. The highest BCUT2D eigenvalue weighted by molar-refractivity contribution is 6.42. The zero-order chi connectivity index (χ0) is 21.5. The predicted molar refractivity (Wildman–Crippen MR) is 121 cm³/mol. The highest BCUT2D eigenvalue weighted by atomic mass is 35.5. The second-order valence-electron chi connectivity index (χ2n) is 7.82. The van der Waals surface area contributed by atoms with Gasteiger partial charge < -0.3 is 14.0 Å². The van der Waals surface area contributed by atoms with E-state index in [1.54, 1.807) is 7.11 Å². The van der Waals surface area contributed by atoms with E-state index >= 15 is 0 Å². The molecule has 0 fully saturated rings. The molecule has 0 radical (unpaired) electrons. The molecule has 6 nitrogen and oxygen atoms in total. The lowest BCUT2D eigenvalue weighted by molar-refractivity contribution is 0.222. The first kappa shape index (κ1) is 20.3. The SMILES string of the molecule is COc1cc(-c2nnc3n2CCCC3c2ccc(Cl)c(Cl)c2)ccc1C1CN=C(C)O1. The summed E-state index contributed by atoms with van der Waals surface area (Å²) in [5.74, 6) is 3.39. The van der Waals surface area contributed by atoms with Gasteiger partial charge in [0.2, 0.25) is 0 Å². The molecule has 5 rings (SSSR count). The van der Waals surface area contributed by atoms with E-state index in [-0.39, 0.29) is 12.0 Å². The number of fused-ring (bicyclic) bond motifs is 1. The van der Waals surface area contributed by atoms with Gasteiger partial charge in [0.25, 0.3) is 0 Å². The molecular weight excluding hydrogens is 435 g/mol. The summed E-state index contributed by atoms with van der Waals surface area (Å²) in [6.45, 7) is 3.35. The number of ether oxygens (including phenoxy) is 2. The zero-order valence-electron chi connectivity index (χ0n) is 17.3. The van der Waals surface area contributed by atoms with Crippen molar-refractivity contribution < 1.29 is 9.47 Å². The van der Waals surface area contributed by atoms with Crippen molar-refractivity contribution in [3.63, 3.8) is 0 Å². The van der Waals surface area contributed by atoms with Crippen LogP contribution in [0.3, 0.4) is 0 Å². The van der Waals surface area contributed by atoms with Gasteiger partial charge in [-0.25, -0.2) is 0 Å². The maximum absolute atomic E-state index is 6.27. The van der Waals surface area contributed by atoms with Crippen molar-refractivity contribution in [1.29, 1.82) is 0 Å². The van der Waals surface area contributed by atoms with Crippen LogP contribution in [0.25, 0.3) is 11.4 Å². The van der Waals surface area contributed by atoms with Gasteiger partial charge in [-0.15, -0.1) is 10.2 Å². The summed E-state index contributed by atoms with van der Waals surface area (Å²) in [5, 5.41) is 10.2. The second-order valence-corrected chi connectivity index (χ2v) is 8.64. The largest absolute Gasteiger partial charge is 0.496 e. The van der Waals surface area contributed by atoms with Crippen LogP contribution in [0.5, 0.6) is 5.75 Å². The van der Waals surface area contributed by atoms with Crippen molar-refractivity contribution in [3.8, 4) is 17.1 Å². The van der Waals surface area contributed by atoms with Crippen molar-refractivity contribution in [3.05, 3.63) is 63.4 Å². The Hall–Kier alpha value is -2.57. The molecule has 0 amide bonds. The van der Waals surface area contributed by atoms with E-state index in [1.165, 1.54) is 0 Å². The molecule has 0 saturated carbocycles. The monoisotopic (exact) mass is 456 g/mol. The standard InChI is InChI=1S/C23H22Cl2N4O2/c1-13-26-12-21(31-13)17-7-5-15(11-20(17)30-2)22-27-28-23-16(4-3-9-29(22)23)14-6-8-18(24)19(25)10-14/h5-8,10-11,16,21H,3-4,9,12H2,1-2H3. The summed E-state index contributed by atoms with van der Waals surface area (Å²) in [6.07, 6.45) is 1.91. The van der Waals surface area contributed by atoms with E-state index in [1.807, 2.05) is 37.3 Å². The fourth-order valence-corrected chi connectivity index (χ4v) is 4.71. The van der Waals surface area contributed by atoms with Gasteiger partial charge >= 0.3 is 0 Å². The Morgan fingerprint density at radius 2 is 1.97 bits per heavy atom. The third-order valence-corrected chi connectivity index (χ3v) is 6.68. The molecule has 3 heterocycles. The van der Waals surface area contributed by atoms with Gasteiger partial charge in [-0.1, -0.05) is 41.4 Å². The molecule has 2 unspecified atom stereocenters. The molecule has 2 aliphatic heterocycles. The quantitative estimate of drug-likeness (QED) is 0.506. The molecule has 3 aromatic rings. The number of nitrogens with zero attached hydrogens (tertiary/aromatic N) is 4. The van der Waals surface area contributed by atoms with E-state index < -0.39 is 0 Å². The number of benzene rings is 2. The molecule has 0 spiro atoms. The minimum atomic E-state index is -0.115.